The molecule has 0 amide bonds. The Morgan fingerprint density at radius 2 is 2.00 bits per heavy atom. The van der Waals surface area contributed by atoms with Gasteiger partial charge in [-0.1, -0.05) is 11.8 Å². The molecule has 1 atom stereocenters. The van der Waals surface area contributed by atoms with Crippen molar-refractivity contribution in [3.8, 4) is 35.1 Å². The molecule has 0 aliphatic carbocycles. The van der Waals surface area contributed by atoms with E-state index >= 15 is 0 Å². The lowest BCUT2D eigenvalue weighted by atomic mass is 10.1. The van der Waals surface area contributed by atoms with Gasteiger partial charge in [-0.25, -0.2) is 0 Å². The minimum absolute atomic E-state index is 0.217. The summed E-state index contributed by atoms with van der Waals surface area (Å²) in [6, 6.07) is 9.54. The van der Waals surface area contributed by atoms with Gasteiger partial charge in [0.15, 0.2) is 11.5 Å². The van der Waals surface area contributed by atoms with Crippen molar-refractivity contribution in [3.63, 3.8) is 0 Å². The first-order valence-corrected chi connectivity index (χ1v) is 8.15. The Balaban J connectivity index is 2.05. The van der Waals surface area contributed by atoms with E-state index in [1.165, 1.54) is 11.8 Å². The molecule has 0 unspecified atom stereocenters. The third kappa shape index (κ3) is 4.40. The van der Waals surface area contributed by atoms with Gasteiger partial charge < -0.3 is 13.9 Å². The van der Waals surface area contributed by atoms with Gasteiger partial charge in [-0.05, 0) is 24.6 Å². The van der Waals surface area contributed by atoms with Gasteiger partial charge in [0.05, 0.1) is 32.3 Å². The largest absolute Gasteiger partial charge is 0.493 e. The highest BCUT2D eigenvalue weighted by Gasteiger charge is 2.14. The number of thioether (sulfide) groups is 1. The molecule has 0 saturated carbocycles. The summed E-state index contributed by atoms with van der Waals surface area (Å²) < 4.78 is 16.1. The molecule has 24 heavy (non-hydrogen) atoms. The van der Waals surface area contributed by atoms with Crippen molar-refractivity contribution in [3.05, 3.63) is 18.2 Å². The van der Waals surface area contributed by atoms with Crippen molar-refractivity contribution in [1.82, 2.24) is 10.2 Å². The maximum Gasteiger partial charge on any atom is 0.276 e. The van der Waals surface area contributed by atoms with Crippen LogP contribution in [0.15, 0.2) is 27.8 Å². The van der Waals surface area contributed by atoms with E-state index in [-0.39, 0.29) is 5.92 Å². The van der Waals surface area contributed by atoms with E-state index in [0.717, 1.165) is 0 Å². The number of hydrogen-bond acceptors (Lipinski definition) is 8. The zero-order chi connectivity index (χ0) is 17.4. The van der Waals surface area contributed by atoms with Crippen molar-refractivity contribution in [2.45, 2.75) is 18.1 Å². The Morgan fingerprint density at radius 3 is 2.67 bits per heavy atom. The van der Waals surface area contributed by atoms with E-state index in [9.17, 15) is 0 Å². The van der Waals surface area contributed by atoms with Crippen LogP contribution in [-0.2, 0) is 0 Å². The molecule has 0 aliphatic rings. The molecule has 7 nitrogen and oxygen atoms in total. The minimum atomic E-state index is -0.217. The lowest BCUT2D eigenvalue weighted by molar-refractivity contribution is 0.355. The van der Waals surface area contributed by atoms with Crippen molar-refractivity contribution in [2.75, 3.05) is 20.0 Å². The van der Waals surface area contributed by atoms with Gasteiger partial charge in [0.2, 0.25) is 5.89 Å². The maximum absolute atomic E-state index is 9.06. The van der Waals surface area contributed by atoms with Crippen LogP contribution in [0.1, 0.15) is 12.8 Å². The van der Waals surface area contributed by atoms with Crippen LogP contribution in [0.4, 0.5) is 0 Å². The SMILES string of the molecule is COc1ccc(-c2nnc(SC[C@@H](C#N)CCC#N)o2)cc1OC. The van der Waals surface area contributed by atoms with Crippen LogP contribution in [-0.4, -0.2) is 30.2 Å². The Labute approximate surface area is 144 Å². The molecule has 0 fully saturated rings. The molecule has 1 heterocycles. The normalized spacial score (nSPS) is 11.3. The topological polar surface area (TPSA) is 105 Å². The van der Waals surface area contributed by atoms with Crippen LogP contribution in [0.25, 0.3) is 11.5 Å². The van der Waals surface area contributed by atoms with Gasteiger partial charge in [0.25, 0.3) is 5.22 Å². The lowest BCUT2D eigenvalue weighted by Crippen LogP contribution is -2.00. The van der Waals surface area contributed by atoms with Crippen LogP contribution in [0, 0.1) is 28.6 Å². The maximum atomic E-state index is 9.06. The molecule has 0 spiro atoms. The summed E-state index contributed by atoms with van der Waals surface area (Å²) in [6.07, 6.45) is 0.899. The van der Waals surface area contributed by atoms with Crippen molar-refractivity contribution in [1.29, 1.82) is 10.5 Å². The molecule has 8 heteroatoms. The number of methoxy groups -OCH3 is 2. The van der Waals surface area contributed by atoms with Gasteiger partial charge in [0, 0.05) is 17.7 Å². The average molecular weight is 344 g/mol. The highest BCUT2D eigenvalue weighted by Crippen LogP contribution is 2.32. The number of nitriles is 2. The summed E-state index contributed by atoms with van der Waals surface area (Å²) in [5.41, 5.74) is 0.716. The first kappa shape index (κ1) is 17.6. The van der Waals surface area contributed by atoms with E-state index in [0.29, 0.717) is 46.8 Å². The molecular formula is C16H16N4O3S. The van der Waals surface area contributed by atoms with E-state index in [4.69, 9.17) is 24.4 Å². The molecule has 0 bridgehead atoms. The molecule has 1 aromatic carbocycles. The van der Waals surface area contributed by atoms with Gasteiger partial charge in [0.1, 0.15) is 0 Å². The van der Waals surface area contributed by atoms with E-state index < -0.39 is 0 Å². The average Bonchev–Trinajstić information content (AvgIpc) is 3.10. The molecule has 0 radical (unpaired) electrons. The van der Waals surface area contributed by atoms with Gasteiger partial charge in [-0.15, -0.1) is 10.2 Å². The predicted molar refractivity (Wildman–Crippen MR) is 87.5 cm³/mol. The first-order valence-electron chi connectivity index (χ1n) is 7.17. The Bertz CT molecular complexity index is 763. The number of aromatic nitrogens is 2. The van der Waals surface area contributed by atoms with Crippen LogP contribution in [0.3, 0.4) is 0 Å². The third-order valence-corrected chi connectivity index (χ3v) is 4.21. The quantitative estimate of drug-likeness (QED) is 0.672. The Kier molecular flexibility index (Phi) is 6.47. The highest BCUT2D eigenvalue weighted by molar-refractivity contribution is 7.99. The molecule has 0 N–H and O–H groups in total. The van der Waals surface area contributed by atoms with Gasteiger partial charge in [-0.2, -0.15) is 10.5 Å². The summed E-state index contributed by atoms with van der Waals surface area (Å²) in [5.74, 6) is 1.84. The van der Waals surface area contributed by atoms with Crippen molar-refractivity contribution < 1.29 is 13.9 Å². The molecule has 124 valence electrons. The first-order chi connectivity index (χ1) is 11.7. The van der Waals surface area contributed by atoms with Crippen LogP contribution < -0.4 is 9.47 Å². The summed E-state index contributed by atoms with van der Waals surface area (Å²) >= 11 is 1.31. The number of hydrogen-bond donors (Lipinski definition) is 0. The van der Waals surface area contributed by atoms with E-state index in [1.807, 2.05) is 6.07 Å². The number of nitrogens with zero attached hydrogens (tertiary/aromatic N) is 4. The number of benzene rings is 1. The highest BCUT2D eigenvalue weighted by atomic mass is 32.2. The summed E-state index contributed by atoms with van der Waals surface area (Å²) in [5, 5.41) is 26.0. The Morgan fingerprint density at radius 1 is 1.21 bits per heavy atom. The van der Waals surface area contributed by atoms with Gasteiger partial charge in [-0.3, -0.25) is 0 Å². The molecule has 1 aromatic heterocycles. The fourth-order valence-electron chi connectivity index (χ4n) is 1.95. The van der Waals surface area contributed by atoms with Crippen LogP contribution >= 0.6 is 11.8 Å². The standard InChI is InChI=1S/C16H16N4O3S/c1-21-13-6-5-12(8-14(13)22-2)15-19-20-16(23-15)24-10-11(9-18)4-3-7-17/h5-6,8,11H,3-4,10H2,1-2H3/t11-/m1/s1. The molecular weight excluding hydrogens is 328 g/mol. The smallest absolute Gasteiger partial charge is 0.276 e. The molecule has 2 aromatic rings. The summed E-state index contributed by atoms with van der Waals surface area (Å²) in [4.78, 5) is 0. The van der Waals surface area contributed by atoms with Gasteiger partial charge >= 0.3 is 0 Å². The zero-order valence-corrected chi connectivity index (χ0v) is 14.2. The second-order valence-corrected chi connectivity index (χ2v) is 5.75. The predicted octanol–water partition coefficient (Wildman–Crippen LogP) is 3.29. The van der Waals surface area contributed by atoms with E-state index in [2.05, 4.69) is 16.3 Å². The zero-order valence-electron chi connectivity index (χ0n) is 13.4. The second-order valence-electron chi connectivity index (χ2n) is 4.78. The lowest BCUT2D eigenvalue weighted by Gasteiger charge is -2.07. The molecule has 0 aliphatic heterocycles. The monoisotopic (exact) mass is 344 g/mol. The van der Waals surface area contributed by atoms with Crippen LogP contribution in [0.5, 0.6) is 11.5 Å². The Hall–Kier alpha value is -2.71. The second kappa shape index (κ2) is 8.80. The van der Waals surface area contributed by atoms with E-state index in [1.54, 1.807) is 32.4 Å². The van der Waals surface area contributed by atoms with Crippen molar-refractivity contribution >= 4 is 11.8 Å². The fraction of sp³-hybridized carbons (Fsp3) is 0.375. The summed E-state index contributed by atoms with van der Waals surface area (Å²) in [6.45, 7) is 0. The third-order valence-electron chi connectivity index (χ3n) is 3.23. The fourth-order valence-corrected chi connectivity index (χ4v) is 2.77. The minimum Gasteiger partial charge on any atom is -0.493 e. The molecule has 2 rings (SSSR count). The van der Waals surface area contributed by atoms with Crippen LogP contribution in [0.2, 0.25) is 0 Å². The number of ether oxygens (including phenoxy) is 2. The van der Waals surface area contributed by atoms with Crippen molar-refractivity contribution in [2.24, 2.45) is 5.92 Å². The summed E-state index contributed by atoms with van der Waals surface area (Å²) in [7, 11) is 3.12. The number of rotatable bonds is 8. The molecule has 0 saturated heterocycles.